The number of aromatic nitrogens is 3. The molecule has 2 aromatic heterocycles. The molecule has 0 radical (unpaired) electrons. The summed E-state index contributed by atoms with van der Waals surface area (Å²) in [5.41, 5.74) is 0.972. The average Bonchev–Trinajstić information content (AvgIpc) is 3.18. The summed E-state index contributed by atoms with van der Waals surface area (Å²) in [7, 11) is 0. The Kier molecular flexibility index (Phi) is 4.97. The van der Waals surface area contributed by atoms with Gasteiger partial charge in [-0.25, -0.2) is 9.37 Å². The maximum atomic E-state index is 15.1. The molecule has 0 saturated carbocycles. The molecule has 0 aliphatic carbocycles. The van der Waals surface area contributed by atoms with Gasteiger partial charge >= 0.3 is 0 Å². The summed E-state index contributed by atoms with van der Waals surface area (Å²) in [6, 6.07) is 10.9. The number of ether oxygens (including phenoxy) is 1. The minimum absolute atomic E-state index is 0.0415. The molecule has 2 aromatic carbocycles. The fourth-order valence-electron chi connectivity index (χ4n) is 2.87. The molecule has 0 bridgehead atoms. The van der Waals surface area contributed by atoms with Crippen molar-refractivity contribution in [3.05, 3.63) is 86.3 Å². The minimum atomic E-state index is -0.718. The highest BCUT2D eigenvalue weighted by Crippen LogP contribution is 2.35. The zero-order chi connectivity index (χ0) is 20.5. The number of aromatic amines is 1. The molecular formula is C20H11Cl2FN4O2. The van der Waals surface area contributed by atoms with E-state index in [1.165, 1.54) is 41.2 Å². The van der Waals surface area contributed by atoms with Crippen LogP contribution in [-0.4, -0.2) is 14.5 Å². The van der Waals surface area contributed by atoms with Crippen LogP contribution in [0.5, 0.6) is 11.5 Å². The highest BCUT2D eigenvalue weighted by Gasteiger charge is 2.17. The van der Waals surface area contributed by atoms with Crippen LogP contribution in [0.2, 0.25) is 10.0 Å². The molecule has 0 unspecified atom stereocenters. The van der Waals surface area contributed by atoms with E-state index in [4.69, 9.17) is 33.2 Å². The van der Waals surface area contributed by atoms with Gasteiger partial charge in [0, 0.05) is 16.8 Å². The molecule has 0 atom stereocenters. The first-order chi connectivity index (χ1) is 14.0. The summed E-state index contributed by atoms with van der Waals surface area (Å²) in [4.78, 5) is 19.4. The number of nitrogens with one attached hydrogen (secondary N) is 1. The second kappa shape index (κ2) is 7.59. The van der Waals surface area contributed by atoms with Crippen molar-refractivity contribution in [2.24, 2.45) is 0 Å². The molecule has 4 rings (SSSR count). The molecular weight excluding hydrogens is 418 g/mol. The predicted molar refractivity (Wildman–Crippen MR) is 107 cm³/mol. The number of benzene rings is 2. The Balaban J connectivity index is 1.71. The minimum Gasteiger partial charge on any atom is -0.453 e. The predicted octanol–water partition coefficient (Wildman–Crippen LogP) is 4.88. The van der Waals surface area contributed by atoms with Gasteiger partial charge in [-0.05, 0) is 30.3 Å². The molecule has 0 aliphatic rings. The van der Waals surface area contributed by atoms with Crippen LogP contribution >= 0.6 is 23.2 Å². The smallest absolute Gasteiger partial charge is 0.278 e. The SMILES string of the molecule is N#Cc1cc(Cl)cc(Oc2c(Cl)ccc(Cn3ccc4[nH]cnc4c3=O)c2F)c1. The molecule has 29 heavy (non-hydrogen) atoms. The van der Waals surface area contributed by atoms with Crippen molar-refractivity contribution >= 4 is 34.2 Å². The fourth-order valence-corrected chi connectivity index (χ4v) is 3.28. The van der Waals surface area contributed by atoms with E-state index in [0.717, 1.165) is 0 Å². The van der Waals surface area contributed by atoms with Crippen molar-refractivity contribution < 1.29 is 9.13 Å². The van der Waals surface area contributed by atoms with Gasteiger partial charge in [0.25, 0.3) is 5.56 Å². The Morgan fingerprint density at radius 3 is 2.86 bits per heavy atom. The molecule has 6 nitrogen and oxygen atoms in total. The van der Waals surface area contributed by atoms with E-state index in [0.29, 0.717) is 5.52 Å². The highest BCUT2D eigenvalue weighted by atomic mass is 35.5. The lowest BCUT2D eigenvalue weighted by molar-refractivity contribution is 0.437. The maximum absolute atomic E-state index is 15.1. The summed E-state index contributed by atoms with van der Waals surface area (Å²) in [5.74, 6) is -0.767. The van der Waals surface area contributed by atoms with E-state index in [1.54, 1.807) is 12.3 Å². The molecule has 1 N–H and O–H groups in total. The first-order valence-electron chi connectivity index (χ1n) is 8.34. The molecule has 4 aromatic rings. The van der Waals surface area contributed by atoms with E-state index in [2.05, 4.69) is 9.97 Å². The van der Waals surface area contributed by atoms with Crippen LogP contribution in [0.1, 0.15) is 11.1 Å². The molecule has 144 valence electrons. The standard InChI is InChI=1S/C20H11Cl2FN4O2/c21-13-5-11(8-24)6-14(7-13)29-19-15(22)2-1-12(17(19)23)9-27-4-3-16-18(20(27)28)26-10-25-16/h1-7,10H,9H2,(H,25,26). The Morgan fingerprint density at radius 2 is 2.07 bits per heavy atom. The number of pyridine rings is 1. The van der Waals surface area contributed by atoms with Crippen molar-refractivity contribution in [3.63, 3.8) is 0 Å². The van der Waals surface area contributed by atoms with Crippen LogP contribution < -0.4 is 10.3 Å². The topological polar surface area (TPSA) is 83.7 Å². The van der Waals surface area contributed by atoms with E-state index in [1.807, 2.05) is 6.07 Å². The molecule has 2 heterocycles. The monoisotopic (exact) mass is 428 g/mol. The van der Waals surface area contributed by atoms with Crippen molar-refractivity contribution in [1.82, 2.24) is 14.5 Å². The summed E-state index contributed by atoms with van der Waals surface area (Å²) >= 11 is 12.1. The number of hydrogen-bond acceptors (Lipinski definition) is 4. The van der Waals surface area contributed by atoms with Crippen molar-refractivity contribution in [2.45, 2.75) is 6.54 Å². The van der Waals surface area contributed by atoms with Gasteiger partial charge in [-0.15, -0.1) is 0 Å². The average molecular weight is 429 g/mol. The van der Waals surface area contributed by atoms with E-state index >= 15 is 4.39 Å². The zero-order valence-corrected chi connectivity index (χ0v) is 16.1. The lowest BCUT2D eigenvalue weighted by Crippen LogP contribution is -2.20. The molecule has 0 fully saturated rings. The van der Waals surface area contributed by atoms with Gasteiger partial charge < -0.3 is 14.3 Å². The van der Waals surface area contributed by atoms with Gasteiger partial charge in [-0.3, -0.25) is 4.79 Å². The van der Waals surface area contributed by atoms with Gasteiger partial charge in [0.15, 0.2) is 17.1 Å². The first kappa shape index (κ1) is 19.0. The summed E-state index contributed by atoms with van der Waals surface area (Å²) in [6.07, 6.45) is 2.97. The number of halogens is 3. The quantitative estimate of drug-likeness (QED) is 0.501. The van der Waals surface area contributed by atoms with E-state index in [-0.39, 0.29) is 50.3 Å². The van der Waals surface area contributed by atoms with Crippen LogP contribution in [0.15, 0.2) is 53.7 Å². The largest absolute Gasteiger partial charge is 0.453 e. The van der Waals surface area contributed by atoms with Gasteiger partial charge in [0.1, 0.15) is 5.75 Å². The third kappa shape index (κ3) is 3.68. The van der Waals surface area contributed by atoms with E-state index < -0.39 is 5.82 Å². The Bertz CT molecular complexity index is 1340. The van der Waals surface area contributed by atoms with Crippen LogP contribution in [0.25, 0.3) is 11.0 Å². The first-order valence-corrected chi connectivity index (χ1v) is 9.10. The van der Waals surface area contributed by atoms with Crippen molar-refractivity contribution in [2.75, 3.05) is 0 Å². The van der Waals surface area contributed by atoms with Crippen LogP contribution in [0.3, 0.4) is 0 Å². The third-order valence-electron chi connectivity index (χ3n) is 4.24. The Morgan fingerprint density at radius 1 is 1.24 bits per heavy atom. The molecule has 0 aliphatic heterocycles. The Hall–Kier alpha value is -3.34. The summed E-state index contributed by atoms with van der Waals surface area (Å²) in [6.45, 7) is -0.0417. The fraction of sp³-hybridized carbons (Fsp3) is 0.0500. The number of H-pyrrole nitrogens is 1. The van der Waals surface area contributed by atoms with Crippen LogP contribution in [0.4, 0.5) is 4.39 Å². The van der Waals surface area contributed by atoms with Crippen molar-refractivity contribution in [3.8, 4) is 17.6 Å². The highest BCUT2D eigenvalue weighted by molar-refractivity contribution is 6.32. The number of hydrogen-bond donors (Lipinski definition) is 1. The van der Waals surface area contributed by atoms with Crippen molar-refractivity contribution in [1.29, 1.82) is 5.26 Å². The lowest BCUT2D eigenvalue weighted by Gasteiger charge is -2.13. The second-order valence-electron chi connectivity index (χ2n) is 6.15. The zero-order valence-electron chi connectivity index (χ0n) is 14.6. The number of rotatable bonds is 4. The molecule has 9 heteroatoms. The molecule has 0 amide bonds. The van der Waals surface area contributed by atoms with Gasteiger partial charge in [-0.2, -0.15) is 5.26 Å². The number of nitriles is 1. The maximum Gasteiger partial charge on any atom is 0.278 e. The number of fused-ring (bicyclic) bond motifs is 1. The third-order valence-corrected chi connectivity index (χ3v) is 4.76. The number of nitrogens with zero attached hydrogens (tertiary/aromatic N) is 3. The summed E-state index contributed by atoms with van der Waals surface area (Å²) in [5, 5.41) is 9.36. The lowest BCUT2D eigenvalue weighted by atomic mass is 10.2. The number of imidazole rings is 1. The molecule has 0 saturated heterocycles. The van der Waals surface area contributed by atoms with Gasteiger partial charge in [-0.1, -0.05) is 29.3 Å². The normalized spacial score (nSPS) is 10.8. The van der Waals surface area contributed by atoms with Gasteiger partial charge in [0.05, 0.1) is 35.0 Å². The summed E-state index contributed by atoms with van der Waals surface area (Å²) < 4.78 is 22.1. The Labute approximate surface area is 173 Å². The second-order valence-corrected chi connectivity index (χ2v) is 7.00. The van der Waals surface area contributed by atoms with Crippen LogP contribution in [0, 0.1) is 17.1 Å². The molecule has 0 spiro atoms. The van der Waals surface area contributed by atoms with Crippen LogP contribution in [-0.2, 0) is 6.54 Å². The van der Waals surface area contributed by atoms with E-state index in [9.17, 15) is 4.79 Å². The van der Waals surface area contributed by atoms with Gasteiger partial charge in [0.2, 0.25) is 0 Å².